The number of rotatable bonds is 6. The topological polar surface area (TPSA) is 64.1 Å². The Morgan fingerprint density at radius 1 is 1.19 bits per heavy atom. The van der Waals surface area contributed by atoms with Crippen molar-refractivity contribution < 1.29 is 8.83 Å². The Labute approximate surface area is 123 Å². The Hall–Kier alpha value is -2.56. The van der Waals surface area contributed by atoms with Gasteiger partial charge in [0.05, 0.1) is 6.26 Å². The molecule has 1 N–H and O–H groups in total. The van der Waals surface area contributed by atoms with Gasteiger partial charge >= 0.3 is 0 Å². The molecule has 0 aliphatic carbocycles. The van der Waals surface area contributed by atoms with Crippen molar-refractivity contribution in [2.45, 2.75) is 25.8 Å². The van der Waals surface area contributed by atoms with Crippen molar-refractivity contribution in [2.75, 3.05) is 5.32 Å². The summed E-state index contributed by atoms with van der Waals surface area (Å²) in [6.45, 7) is 2.16. The number of benzene rings is 1. The first-order chi connectivity index (χ1) is 10.3. The van der Waals surface area contributed by atoms with Crippen molar-refractivity contribution in [3.8, 4) is 11.5 Å². The van der Waals surface area contributed by atoms with Crippen LogP contribution in [0.4, 0.5) is 5.69 Å². The Bertz CT molecular complexity index is 663. The van der Waals surface area contributed by atoms with Crippen LogP contribution in [0.3, 0.4) is 0 Å². The van der Waals surface area contributed by atoms with Gasteiger partial charge in [0.1, 0.15) is 5.76 Å². The highest BCUT2D eigenvalue weighted by Crippen LogP contribution is 2.21. The Balaban J connectivity index is 1.60. The van der Waals surface area contributed by atoms with Crippen LogP contribution in [0, 0.1) is 0 Å². The Morgan fingerprint density at radius 3 is 2.90 bits per heavy atom. The SMILES string of the molecule is CC(CCc1ccco1)Nc1cccc(-c2nnco2)c1. The molecule has 0 radical (unpaired) electrons. The molecule has 0 saturated heterocycles. The molecule has 0 bridgehead atoms. The number of anilines is 1. The second kappa shape index (κ2) is 6.26. The maximum atomic E-state index is 5.35. The second-order valence-corrected chi connectivity index (χ2v) is 4.99. The number of aryl methyl sites for hydroxylation is 1. The lowest BCUT2D eigenvalue weighted by molar-refractivity contribution is 0.495. The predicted molar refractivity (Wildman–Crippen MR) is 79.8 cm³/mol. The summed E-state index contributed by atoms with van der Waals surface area (Å²) in [5, 5.41) is 11.1. The van der Waals surface area contributed by atoms with Crippen LogP contribution >= 0.6 is 0 Å². The van der Waals surface area contributed by atoms with Gasteiger partial charge in [0.2, 0.25) is 12.3 Å². The van der Waals surface area contributed by atoms with Gasteiger partial charge in [-0.3, -0.25) is 0 Å². The van der Waals surface area contributed by atoms with Crippen molar-refractivity contribution in [3.05, 3.63) is 54.8 Å². The van der Waals surface area contributed by atoms with E-state index in [0.717, 1.165) is 29.9 Å². The highest BCUT2D eigenvalue weighted by Gasteiger charge is 2.07. The Morgan fingerprint density at radius 2 is 2.14 bits per heavy atom. The second-order valence-electron chi connectivity index (χ2n) is 4.99. The van der Waals surface area contributed by atoms with E-state index in [1.807, 2.05) is 36.4 Å². The first-order valence-electron chi connectivity index (χ1n) is 6.97. The average Bonchev–Trinajstić information content (AvgIpc) is 3.19. The largest absolute Gasteiger partial charge is 0.469 e. The quantitative estimate of drug-likeness (QED) is 0.746. The molecule has 0 fully saturated rings. The van der Waals surface area contributed by atoms with Crippen molar-refractivity contribution in [1.82, 2.24) is 10.2 Å². The fourth-order valence-electron chi connectivity index (χ4n) is 2.21. The van der Waals surface area contributed by atoms with Crippen molar-refractivity contribution >= 4 is 5.69 Å². The zero-order valence-corrected chi connectivity index (χ0v) is 11.8. The van der Waals surface area contributed by atoms with Crippen LogP contribution < -0.4 is 5.32 Å². The van der Waals surface area contributed by atoms with E-state index in [1.165, 1.54) is 6.39 Å². The highest BCUT2D eigenvalue weighted by atomic mass is 16.4. The molecule has 108 valence electrons. The molecule has 0 aliphatic rings. The van der Waals surface area contributed by atoms with Crippen LogP contribution in [0.2, 0.25) is 0 Å². The van der Waals surface area contributed by atoms with E-state index in [1.54, 1.807) is 6.26 Å². The number of hydrogen-bond donors (Lipinski definition) is 1. The minimum atomic E-state index is 0.341. The highest BCUT2D eigenvalue weighted by molar-refractivity contribution is 5.61. The summed E-state index contributed by atoms with van der Waals surface area (Å²) in [6.07, 6.45) is 4.96. The lowest BCUT2D eigenvalue weighted by Crippen LogP contribution is -2.15. The van der Waals surface area contributed by atoms with Crippen LogP contribution in [0.5, 0.6) is 0 Å². The molecule has 3 aromatic rings. The third-order valence-corrected chi connectivity index (χ3v) is 3.29. The summed E-state index contributed by atoms with van der Waals surface area (Å²) < 4.78 is 10.6. The van der Waals surface area contributed by atoms with E-state index in [-0.39, 0.29) is 0 Å². The number of aromatic nitrogens is 2. The predicted octanol–water partition coefficient (Wildman–Crippen LogP) is 3.76. The molecule has 2 heterocycles. The summed E-state index contributed by atoms with van der Waals surface area (Å²) in [6, 6.07) is 12.2. The summed E-state index contributed by atoms with van der Waals surface area (Å²) >= 11 is 0. The smallest absolute Gasteiger partial charge is 0.247 e. The molecule has 5 nitrogen and oxygen atoms in total. The molecule has 0 spiro atoms. The number of hydrogen-bond acceptors (Lipinski definition) is 5. The minimum Gasteiger partial charge on any atom is -0.469 e. The summed E-state index contributed by atoms with van der Waals surface area (Å²) in [7, 11) is 0. The number of nitrogens with one attached hydrogen (secondary N) is 1. The number of furan rings is 1. The van der Waals surface area contributed by atoms with Crippen LogP contribution in [-0.2, 0) is 6.42 Å². The molecule has 0 aliphatic heterocycles. The molecular formula is C16H17N3O2. The van der Waals surface area contributed by atoms with E-state index >= 15 is 0 Å². The summed E-state index contributed by atoms with van der Waals surface area (Å²) in [5.74, 6) is 1.55. The third-order valence-electron chi connectivity index (χ3n) is 3.29. The van der Waals surface area contributed by atoms with Gasteiger partial charge < -0.3 is 14.2 Å². The zero-order chi connectivity index (χ0) is 14.5. The minimum absolute atomic E-state index is 0.341. The molecule has 0 saturated carbocycles. The van der Waals surface area contributed by atoms with Crippen LogP contribution in [0.25, 0.3) is 11.5 Å². The fourth-order valence-corrected chi connectivity index (χ4v) is 2.21. The lowest BCUT2D eigenvalue weighted by atomic mass is 10.1. The standard InChI is InChI=1S/C16H17N3O2/c1-12(7-8-15-6-3-9-20-15)18-14-5-2-4-13(10-14)16-19-17-11-21-16/h2-6,9-12,18H,7-8H2,1H3. The average molecular weight is 283 g/mol. The van der Waals surface area contributed by atoms with Crippen LogP contribution in [0.1, 0.15) is 19.1 Å². The van der Waals surface area contributed by atoms with Gasteiger partial charge in [-0.25, -0.2) is 0 Å². The third kappa shape index (κ3) is 3.51. The maximum Gasteiger partial charge on any atom is 0.247 e. The van der Waals surface area contributed by atoms with Crippen molar-refractivity contribution in [3.63, 3.8) is 0 Å². The lowest BCUT2D eigenvalue weighted by Gasteiger charge is -2.15. The van der Waals surface area contributed by atoms with Crippen LogP contribution in [0.15, 0.2) is 57.9 Å². The first-order valence-corrected chi connectivity index (χ1v) is 6.97. The molecule has 1 atom stereocenters. The summed E-state index contributed by atoms with van der Waals surface area (Å²) in [5.41, 5.74) is 1.95. The van der Waals surface area contributed by atoms with E-state index in [4.69, 9.17) is 8.83 Å². The van der Waals surface area contributed by atoms with Gasteiger partial charge in [0.25, 0.3) is 0 Å². The monoisotopic (exact) mass is 283 g/mol. The van der Waals surface area contributed by atoms with Gasteiger partial charge in [0.15, 0.2) is 0 Å². The van der Waals surface area contributed by atoms with Crippen LogP contribution in [-0.4, -0.2) is 16.2 Å². The van der Waals surface area contributed by atoms with Gasteiger partial charge in [0, 0.05) is 23.7 Å². The molecule has 21 heavy (non-hydrogen) atoms. The zero-order valence-electron chi connectivity index (χ0n) is 11.8. The van der Waals surface area contributed by atoms with Gasteiger partial charge in [-0.1, -0.05) is 6.07 Å². The summed E-state index contributed by atoms with van der Waals surface area (Å²) in [4.78, 5) is 0. The molecule has 5 heteroatoms. The maximum absolute atomic E-state index is 5.35. The normalized spacial score (nSPS) is 12.2. The molecule has 1 unspecified atom stereocenters. The van der Waals surface area contributed by atoms with E-state index < -0.39 is 0 Å². The van der Waals surface area contributed by atoms with E-state index in [2.05, 4.69) is 22.4 Å². The van der Waals surface area contributed by atoms with Crippen molar-refractivity contribution in [2.24, 2.45) is 0 Å². The number of nitrogens with zero attached hydrogens (tertiary/aromatic N) is 2. The van der Waals surface area contributed by atoms with E-state index in [0.29, 0.717) is 11.9 Å². The molecular weight excluding hydrogens is 266 g/mol. The molecule has 3 rings (SSSR count). The van der Waals surface area contributed by atoms with Crippen molar-refractivity contribution in [1.29, 1.82) is 0 Å². The van der Waals surface area contributed by atoms with Gasteiger partial charge in [-0.2, -0.15) is 0 Å². The van der Waals surface area contributed by atoms with E-state index in [9.17, 15) is 0 Å². The molecule has 0 amide bonds. The van der Waals surface area contributed by atoms with Gasteiger partial charge in [-0.15, -0.1) is 10.2 Å². The Kier molecular flexibility index (Phi) is 4.00. The molecule has 1 aromatic carbocycles. The first kappa shape index (κ1) is 13.4. The van der Waals surface area contributed by atoms with Gasteiger partial charge in [-0.05, 0) is 43.7 Å². The molecule has 2 aromatic heterocycles. The fraction of sp³-hybridized carbons (Fsp3) is 0.250.